The molecular formula is C22H26Cl2F2O. The van der Waals surface area contributed by atoms with Gasteiger partial charge in [-0.2, -0.15) is 0 Å². The third-order valence-corrected chi connectivity index (χ3v) is 6.82. The minimum Gasteiger partial charge on any atom is -0.373 e. The molecule has 27 heavy (non-hydrogen) atoms. The van der Waals surface area contributed by atoms with Crippen molar-refractivity contribution in [2.24, 2.45) is 23.7 Å². The van der Waals surface area contributed by atoms with Crippen molar-refractivity contribution in [1.82, 2.24) is 0 Å². The molecule has 1 nitrogen and oxygen atoms in total. The van der Waals surface area contributed by atoms with Crippen molar-refractivity contribution >= 4 is 23.2 Å². The summed E-state index contributed by atoms with van der Waals surface area (Å²) in [5, 5.41) is -3.96. The van der Waals surface area contributed by atoms with Gasteiger partial charge in [0.15, 0.2) is 0 Å². The summed E-state index contributed by atoms with van der Waals surface area (Å²) in [5.74, 6) is -0.0922. The number of rotatable bonds is 8. The molecule has 4 aliphatic rings. The Morgan fingerprint density at radius 2 is 1.19 bits per heavy atom. The van der Waals surface area contributed by atoms with Gasteiger partial charge in [-0.1, -0.05) is 85.3 Å². The molecule has 2 fully saturated rings. The minimum absolute atomic E-state index is 0.392. The van der Waals surface area contributed by atoms with E-state index in [0.29, 0.717) is 11.8 Å². The van der Waals surface area contributed by atoms with Gasteiger partial charge in [-0.3, -0.25) is 0 Å². The van der Waals surface area contributed by atoms with Crippen LogP contribution in [0.4, 0.5) is 8.78 Å². The van der Waals surface area contributed by atoms with Gasteiger partial charge < -0.3 is 4.74 Å². The van der Waals surface area contributed by atoms with Crippen molar-refractivity contribution in [1.29, 1.82) is 0 Å². The first-order valence-electron chi connectivity index (χ1n) is 9.98. The predicted molar refractivity (Wildman–Crippen MR) is 106 cm³/mol. The molecule has 0 aromatic heterocycles. The average Bonchev–Trinajstić information content (AvgIpc) is 3.49. The summed E-state index contributed by atoms with van der Waals surface area (Å²) in [6, 6.07) is 0. The van der Waals surface area contributed by atoms with E-state index in [1.165, 1.54) is 12.2 Å². The molecule has 4 aliphatic carbocycles. The van der Waals surface area contributed by atoms with Gasteiger partial charge in [0.05, 0.1) is 24.0 Å². The Bertz CT molecular complexity index is 603. The Kier molecular flexibility index (Phi) is 5.57. The Morgan fingerprint density at radius 3 is 1.52 bits per heavy atom. The summed E-state index contributed by atoms with van der Waals surface area (Å²) in [6.45, 7) is 0. The Labute approximate surface area is 170 Å². The second-order valence-electron chi connectivity index (χ2n) is 8.46. The first-order valence-corrected chi connectivity index (χ1v) is 10.7. The fraction of sp³-hybridized carbons (Fsp3) is 0.636. The van der Waals surface area contributed by atoms with Gasteiger partial charge in [-0.15, -0.1) is 0 Å². The lowest BCUT2D eigenvalue weighted by molar-refractivity contribution is -0.0874. The minimum atomic E-state index is -1.98. The molecule has 0 N–H and O–H groups in total. The molecule has 6 atom stereocenters. The van der Waals surface area contributed by atoms with Crippen molar-refractivity contribution in [3.8, 4) is 0 Å². The van der Waals surface area contributed by atoms with E-state index in [1.54, 1.807) is 24.3 Å². The van der Waals surface area contributed by atoms with Crippen LogP contribution in [-0.2, 0) is 4.74 Å². The Morgan fingerprint density at radius 1 is 0.778 bits per heavy atom. The lowest BCUT2D eigenvalue weighted by atomic mass is 9.86. The fourth-order valence-corrected chi connectivity index (χ4v) is 4.69. The van der Waals surface area contributed by atoms with Gasteiger partial charge in [-0.25, -0.2) is 8.78 Å². The van der Waals surface area contributed by atoms with E-state index in [-0.39, 0.29) is 0 Å². The van der Waals surface area contributed by atoms with Crippen molar-refractivity contribution in [3.63, 3.8) is 0 Å². The van der Waals surface area contributed by atoms with Gasteiger partial charge >= 0.3 is 0 Å². The van der Waals surface area contributed by atoms with Crippen LogP contribution in [0.2, 0.25) is 0 Å². The molecule has 0 heterocycles. The number of halogens is 4. The average molecular weight is 415 g/mol. The van der Waals surface area contributed by atoms with E-state index < -0.39 is 34.3 Å². The van der Waals surface area contributed by atoms with Gasteiger partial charge in [-0.05, 0) is 36.8 Å². The first kappa shape index (κ1) is 19.7. The third kappa shape index (κ3) is 4.86. The van der Waals surface area contributed by atoms with E-state index in [4.69, 9.17) is 27.9 Å². The summed E-state index contributed by atoms with van der Waals surface area (Å²) in [4.78, 5) is 0. The normalized spacial score (nSPS) is 40.3. The molecule has 4 rings (SSSR count). The summed E-state index contributed by atoms with van der Waals surface area (Å²) < 4.78 is 36.5. The molecule has 0 amide bonds. The van der Waals surface area contributed by atoms with Gasteiger partial charge in [0, 0.05) is 0 Å². The Balaban J connectivity index is 1.56. The van der Waals surface area contributed by atoms with Crippen molar-refractivity contribution in [2.45, 2.75) is 61.0 Å². The largest absolute Gasteiger partial charge is 0.373 e. The fourth-order valence-electron chi connectivity index (χ4n) is 4.12. The first-order chi connectivity index (χ1) is 12.9. The number of ether oxygens (including phenoxy) is 1. The highest BCUT2D eigenvalue weighted by Crippen LogP contribution is 2.47. The topological polar surface area (TPSA) is 9.23 Å². The van der Waals surface area contributed by atoms with Crippen LogP contribution >= 0.6 is 23.2 Å². The molecule has 0 saturated heterocycles. The summed E-state index contributed by atoms with van der Waals surface area (Å²) in [6.07, 6.45) is 18.5. The van der Waals surface area contributed by atoms with Gasteiger partial charge in [0.25, 0.3) is 0 Å². The SMILES string of the molecule is FC1(Cl)C=CC=CC1C(CC1CC1)OC(CC1CC1)C1C=CC=CC1(F)Cl. The summed E-state index contributed by atoms with van der Waals surface area (Å²) in [5.41, 5.74) is 0. The molecule has 5 heteroatoms. The second-order valence-corrected chi connectivity index (χ2v) is 9.62. The van der Waals surface area contributed by atoms with Crippen LogP contribution in [0.5, 0.6) is 0 Å². The van der Waals surface area contributed by atoms with Crippen LogP contribution in [0.15, 0.2) is 48.6 Å². The highest BCUT2D eigenvalue weighted by Gasteiger charge is 2.47. The van der Waals surface area contributed by atoms with Crippen molar-refractivity contribution in [2.75, 3.05) is 0 Å². The summed E-state index contributed by atoms with van der Waals surface area (Å²) >= 11 is 12.3. The quantitative estimate of drug-likeness (QED) is 0.404. The molecule has 0 aromatic carbocycles. The molecule has 2 saturated carbocycles. The molecular weight excluding hydrogens is 389 g/mol. The van der Waals surface area contributed by atoms with E-state index in [1.807, 2.05) is 12.2 Å². The standard InChI is InChI=1S/C22H26Cl2F2O/c23-21(25)11-3-1-5-17(21)19(13-15-7-8-15)27-20(14-16-9-10-16)18-6-2-4-12-22(18,24)26/h1-6,11-12,15-20H,7-10,13-14H2. The zero-order valence-electron chi connectivity index (χ0n) is 15.2. The van der Waals surface area contributed by atoms with Crippen LogP contribution in [0.25, 0.3) is 0 Å². The van der Waals surface area contributed by atoms with Gasteiger partial charge in [0.1, 0.15) is 0 Å². The van der Waals surface area contributed by atoms with Crippen LogP contribution in [-0.4, -0.2) is 22.5 Å². The molecule has 148 valence electrons. The highest BCUT2D eigenvalue weighted by atomic mass is 35.5. The van der Waals surface area contributed by atoms with E-state index in [0.717, 1.165) is 38.5 Å². The van der Waals surface area contributed by atoms with Crippen molar-refractivity contribution < 1.29 is 13.5 Å². The lowest BCUT2D eigenvalue weighted by Crippen LogP contribution is -2.44. The number of alkyl halides is 4. The maximum atomic E-state index is 15.0. The second kappa shape index (κ2) is 7.65. The zero-order valence-corrected chi connectivity index (χ0v) is 16.8. The van der Waals surface area contributed by atoms with Crippen molar-refractivity contribution in [3.05, 3.63) is 48.6 Å². The molecule has 0 spiro atoms. The predicted octanol–water partition coefficient (Wildman–Crippen LogP) is 6.63. The molecule has 0 aromatic rings. The monoisotopic (exact) mass is 414 g/mol. The van der Waals surface area contributed by atoms with Crippen LogP contribution in [0, 0.1) is 23.7 Å². The molecule has 6 unspecified atom stereocenters. The lowest BCUT2D eigenvalue weighted by Gasteiger charge is -2.39. The molecule has 0 aliphatic heterocycles. The molecule has 0 radical (unpaired) electrons. The van der Waals surface area contributed by atoms with E-state index >= 15 is 0 Å². The maximum absolute atomic E-state index is 15.0. The molecule has 0 bridgehead atoms. The van der Waals surface area contributed by atoms with E-state index in [9.17, 15) is 8.78 Å². The number of hydrogen-bond donors (Lipinski definition) is 0. The zero-order chi connectivity index (χ0) is 19.1. The number of hydrogen-bond acceptors (Lipinski definition) is 1. The third-order valence-electron chi connectivity index (χ3n) is 6.06. The number of allylic oxidation sites excluding steroid dienone is 6. The van der Waals surface area contributed by atoms with Crippen LogP contribution < -0.4 is 0 Å². The van der Waals surface area contributed by atoms with E-state index in [2.05, 4.69) is 0 Å². The van der Waals surface area contributed by atoms with Crippen LogP contribution in [0.3, 0.4) is 0 Å². The maximum Gasteiger partial charge on any atom is 0.210 e. The highest BCUT2D eigenvalue weighted by molar-refractivity contribution is 6.24. The Hall–Kier alpha value is -0.640. The smallest absolute Gasteiger partial charge is 0.210 e. The van der Waals surface area contributed by atoms with Gasteiger partial charge in [0.2, 0.25) is 10.3 Å². The van der Waals surface area contributed by atoms with Crippen LogP contribution in [0.1, 0.15) is 38.5 Å². The summed E-state index contributed by atoms with van der Waals surface area (Å²) in [7, 11) is 0.